The Balaban J connectivity index is 3.06. The van der Waals surface area contributed by atoms with Crippen molar-refractivity contribution < 1.29 is 4.39 Å². The minimum atomic E-state index is -0.456. The zero-order valence-corrected chi connectivity index (χ0v) is 6.76. The average Bonchev–Trinajstić information content (AvgIpc) is 1.86. The predicted octanol–water partition coefficient (Wildman–Crippen LogP) is 2.23. The quantitative estimate of drug-likeness (QED) is 0.535. The van der Waals surface area contributed by atoms with E-state index in [4.69, 9.17) is 7.85 Å². The van der Waals surface area contributed by atoms with Crippen molar-refractivity contribution in [2.45, 2.75) is 19.2 Å². The Morgan fingerprint density at radius 1 is 1.36 bits per heavy atom. The fourth-order valence-electron chi connectivity index (χ4n) is 0.889. The average molecular weight is 148 g/mol. The summed E-state index contributed by atoms with van der Waals surface area (Å²) in [5.74, 6) is -0.235. The van der Waals surface area contributed by atoms with Crippen LogP contribution in [0.3, 0.4) is 0 Å². The van der Waals surface area contributed by atoms with Crippen molar-refractivity contribution in [1.29, 1.82) is 0 Å². The third-order valence-electron chi connectivity index (χ3n) is 1.57. The zero-order valence-electron chi connectivity index (χ0n) is 6.76. The number of hydrogen-bond acceptors (Lipinski definition) is 0. The van der Waals surface area contributed by atoms with Crippen LogP contribution in [0.2, 0.25) is 0 Å². The number of hydrogen-bond donors (Lipinski definition) is 0. The normalized spacial score (nSPS) is 11.5. The first-order chi connectivity index (χ1) is 5.00. The monoisotopic (exact) mass is 148 g/mol. The van der Waals surface area contributed by atoms with Crippen molar-refractivity contribution >= 4 is 7.85 Å². The van der Waals surface area contributed by atoms with Crippen LogP contribution < -0.4 is 0 Å². The predicted molar refractivity (Wildman–Crippen MR) is 45.2 cm³/mol. The van der Waals surface area contributed by atoms with Gasteiger partial charge in [-0.15, -0.1) is 0 Å². The summed E-state index contributed by atoms with van der Waals surface area (Å²) < 4.78 is 12.6. The number of halogens is 1. The first-order valence-corrected chi connectivity index (χ1v) is 3.55. The molecule has 0 unspecified atom stereocenters. The summed E-state index contributed by atoms with van der Waals surface area (Å²) in [4.78, 5) is 0. The Labute approximate surface area is 67.8 Å². The summed E-state index contributed by atoms with van der Waals surface area (Å²) in [7, 11) is 5.76. The maximum atomic E-state index is 12.6. The summed E-state index contributed by atoms with van der Waals surface area (Å²) >= 11 is 0. The molecule has 0 amide bonds. The Kier molecular flexibility index (Phi) is 2.03. The van der Waals surface area contributed by atoms with Gasteiger partial charge in [-0.2, -0.15) is 0 Å². The van der Waals surface area contributed by atoms with Crippen LogP contribution >= 0.6 is 0 Å². The molecule has 0 saturated heterocycles. The van der Waals surface area contributed by atoms with Crippen molar-refractivity contribution in [2.75, 3.05) is 0 Å². The summed E-state index contributed by atoms with van der Waals surface area (Å²) in [6.45, 7) is 3.70. The molecule has 0 aliphatic carbocycles. The van der Waals surface area contributed by atoms with Gasteiger partial charge in [0.2, 0.25) is 0 Å². The maximum absolute atomic E-state index is 12.6. The molecular formula is C9H10BF. The van der Waals surface area contributed by atoms with Gasteiger partial charge in [-0.25, -0.2) is 4.39 Å². The van der Waals surface area contributed by atoms with E-state index in [0.717, 1.165) is 5.56 Å². The van der Waals surface area contributed by atoms with Crippen LogP contribution in [0.5, 0.6) is 0 Å². The highest BCUT2D eigenvalue weighted by Crippen LogP contribution is 2.18. The second kappa shape index (κ2) is 2.69. The molecule has 0 aromatic heterocycles. The molecule has 1 rings (SSSR count). The molecule has 56 valence electrons. The Morgan fingerprint density at radius 3 is 2.36 bits per heavy atom. The van der Waals surface area contributed by atoms with Crippen LogP contribution in [0, 0.1) is 5.82 Å². The minimum Gasteiger partial charge on any atom is -0.207 e. The largest absolute Gasteiger partial charge is 0.207 e. The molecule has 2 heteroatoms. The highest BCUT2D eigenvalue weighted by atomic mass is 19.1. The van der Waals surface area contributed by atoms with Crippen molar-refractivity contribution in [3.8, 4) is 0 Å². The summed E-state index contributed by atoms with van der Waals surface area (Å²) in [5.41, 5.74) is 0.817. The molecule has 2 radical (unpaired) electrons. The second-order valence-corrected chi connectivity index (χ2v) is 3.23. The molecule has 1 aromatic rings. The van der Waals surface area contributed by atoms with E-state index in [9.17, 15) is 4.39 Å². The number of benzene rings is 1. The van der Waals surface area contributed by atoms with Gasteiger partial charge in [0, 0.05) is 0 Å². The van der Waals surface area contributed by atoms with Gasteiger partial charge >= 0.3 is 0 Å². The standard InChI is InChI=1S/C9H10BF/c1-9(2,10)7-4-3-5-8(11)6-7/h3-6H,1-2H3. The highest BCUT2D eigenvalue weighted by molar-refractivity contribution is 6.15. The van der Waals surface area contributed by atoms with Crippen LogP contribution in [0.4, 0.5) is 4.39 Å². The maximum Gasteiger partial charge on any atom is 0.123 e. The lowest BCUT2D eigenvalue weighted by molar-refractivity contribution is 0.620. The van der Waals surface area contributed by atoms with Gasteiger partial charge in [0.1, 0.15) is 5.82 Å². The Hall–Kier alpha value is -0.785. The van der Waals surface area contributed by atoms with Crippen LogP contribution in [0.25, 0.3) is 0 Å². The summed E-state index contributed by atoms with van der Waals surface area (Å²) in [5, 5.41) is -0.456. The van der Waals surface area contributed by atoms with Crippen LogP contribution in [0.15, 0.2) is 24.3 Å². The van der Waals surface area contributed by atoms with Gasteiger partial charge < -0.3 is 0 Å². The van der Waals surface area contributed by atoms with Crippen molar-refractivity contribution in [3.63, 3.8) is 0 Å². The van der Waals surface area contributed by atoms with Gasteiger partial charge in [-0.1, -0.05) is 26.0 Å². The van der Waals surface area contributed by atoms with Crippen LogP contribution in [-0.2, 0) is 5.31 Å². The molecule has 0 aliphatic rings. The van der Waals surface area contributed by atoms with E-state index in [1.807, 2.05) is 19.9 Å². The lowest BCUT2D eigenvalue weighted by atomic mass is 9.67. The topological polar surface area (TPSA) is 0 Å². The van der Waals surface area contributed by atoms with Crippen LogP contribution in [-0.4, -0.2) is 7.85 Å². The fraction of sp³-hybridized carbons (Fsp3) is 0.333. The molecule has 0 heterocycles. The molecule has 0 spiro atoms. The first kappa shape index (κ1) is 8.31. The molecule has 0 saturated carbocycles. The summed E-state index contributed by atoms with van der Waals surface area (Å²) in [6, 6.07) is 6.36. The molecule has 11 heavy (non-hydrogen) atoms. The van der Waals surface area contributed by atoms with Crippen molar-refractivity contribution in [2.24, 2.45) is 0 Å². The lowest BCUT2D eigenvalue weighted by Crippen LogP contribution is -2.16. The fourth-order valence-corrected chi connectivity index (χ4v) is 0.889. The third kappa shape index (κ3) is 2.07. The molecule has 0 fully saturated rings. The van der Waals surface area contributed by atoms with Gasteiger partial charge in [0.25, 0.3) is 0 Å². The van der Waals surface area contributed by atoms with E-state index >= 15 is 0 Å². The Morgan fingerprint density at radius 2 is 2.00 bits per heavy atom. The van der Waals surface area contributed by atoms with Gasteiger partial charge in [0.05, 0.1) is 7.85 Å². The molecule has 0 aliphatic heterocycles. The van der Waals surface area contributed by atoms with E-state index in [0.29, 0.717) is 0 Å². The molecule has 0 bridgehead atoms. The lowest BCUT2D eigenvalue weighted by Gasteiger charge is -2.18. The Bertz CT molecular complexity index is 250. The van der Waals surface area contributed by atoms with Gasteiger partial charge in [0.15, 0.2) is 0 Å². The highest BCUT2D eigenvalue weighted by Gasteiger charge is 2.12. The van der Waals surface area contributed by atoms with E-state index in [1.165, 1.54) is 12.1 Å². The van der Waals surface area contributed by atoms with Gasteiger partial charge in [-0.3, -0.25) is 0 Å². The van der Waals surface area contributed by atoms with E-state index in [-0.39, 0.29) is 5.82 Å². The molecule has 0 nitrogen and oxygen atoms in total. The van der Waals surface area contributed by atoms with E-state index < -0.39 is 5.31 Å². The summed E-state index contributed by atoms with van der Waals surface area (Å²) in [6.07, 6.45) is 0. The molecule has 1 aromatic carbocycles. The first-order valence-electron chi connectivity index (χ1n) is 3.55. The minimum absolute atomic E-state index is 0.235. The van der Waals surface area contributed by atoms with Crippen molar-refractivity contribution in [3.05, 3.63) is 35.6 Å². The molecule has 0 N–H and O–H groups in total. The second-order valence-electron chi connectivity index (χ2n) is 3.23. The third-order valence-corrected chi connectivity index (χ3v) is 1.57. The number of rotatable bonds is 1. The van der Waals surface area contributed by atoms with E-state index in [1.54, 1.807) is 6.07 Å². The van der Waals surface area contributed by atoms with E-state index in [2.05, 4.69) is 0 Å². The van der Waals surface area contributed by atoms with Crippen molar-refractivity contribution in [1.82, 2.24) is 0 Å². The molecular weight excluding hydrogens is 138 g/mol. The molecule has 0 atom stereocenters. The zero-order chi connectivity index (χ0) is 8.48. The SMILES string of the molecule is [B]C(C)(C)c1cccc(F)c1. The van der Waals surface area contributed by atoms with Gasteiger partial charge in [-0.05, 0) is 23.0 Å². The smallest absolute Gasteiger partial charge is 0.123 e. The van der Waals surface area contributed by atoms with Crippen LogP contribution in [0.1, 0.15) is 19.4 Å².